The number of ether oxygens (including phenoxy) is 5. The van der Waals surface area contributed by atoms with Crippen molar-refractivity contribution in [2.45, 2.75) is 141 Å². The van der Waals surface area contributed by atoms with Crippen molar-refractivity contribution in [1.29, 1.82) is 0 Å². The van der Waals surface area contributed by atoms with Crippen LogP contribution in [0.5, 0.6) is 17.2 Å². The second-order valence-electron chi connectivity index (χ2n) is 25.5. The van der Waals surface area contributed by atoms with Crippen LogP contribution in [0.25, 0.3) is 0 Å². The van der Waals surface area contributed by atoms with E-state index in [4.69, 9.17) is 23.7 Å². The summed E-state index contributed by atoms with van der Waals surface area (Å²) in [4.78, 5) is 153. The van der Waals surface area contributed by atoms with Gasteiger partial charge in [-0.05, 0) is 135 Å². The molecule has 3 aliphatic heterocycles. The molecule has 3 heterocycles. The number of piperidine rings is 1. The SMILES string of the molecule is COc1ccc(CC[C@H]2OC(=O)[C@@H]3CCCCN3C(=O)C(=O)C(C)(C)COC(=O)/C=N\CN(C)C(=O)[C@H](CC(C)C)N(C)C(=O)[C@H]3CCCN3C(=O)[C@H](Cc3ccc(OCc4ccccc4)cc3)NC(=O)C(c3ccccc3)NC(=O)CCC(=O)Nc3cccc2c3)cc1OC. The molecule has 0 aromatic heterocycles. The maximum atomic E-state index is 15.3. The molecule has 0 spiro atoms. The Morgan fingerprint density at radius 3 is 2.03 bits per heavy atom. The summed E-state index contributed by atoms with van der Waals surface area (Å²) in [5.41, 5.74) is 2.01. The average molecular weight is 1320 g/mol. The molecule has 2 bridgehead atoms. The molecular weight excluding hydrogens is 1230 g/mol. The van der Waals surface area contributed by atoms with Crippen LogP contribution in [0.15, 0.2) is 132 Å². The number of aryl methyl sites for hydroxylation is 1. The number of benzene rings is 5. The summed E-state index contributed by atoms with van der Waals surface area (Å²) in [5.74, 6) is -5.70. The Morgan fingerprint density at radius 1 is 0.656 bits per heavy atom. The predicted molar refractivity (Wildman–Crippen MR) is 357 cm³/mol. The molecule has 7 amide bonds. The van der Waals surface area contributed by atoms with Gasteiger partial charge < -0.3 is 59.2 Å². The largest absolute Gasteiger partial charge is 0.493 e. The van der Waals surface area contributed by atoms with E-state index < -0.39 is 107 Å². The van der Waals surface area contributed by atoms with Crippen molar-refractivity contribution in [3.8, 4) is 17.2 Å². The summed E-state index contributed by atoms with van der Waals surface area (Å²) in [6, 6.07) is 31.3. The van der Waals surface area contributed by atoms with Crippen molar-refractivity contribution in [3.05, 3.63) is 155 Å². The van der Waals surface area contributed by atoms with Crippen LogP contribution < -0.4 is 30.2 Å². The Kier molecular flexibility index (Phi) is 25.4. The number of fused-ring (bicyclic) bond motifs is 4. The molecule has 2 fully saturated rings. The van der Waals surface area contributed by atoms with Crippen molar-refractivity contribution in [1.82, 2.24) is 30.2 Å². The van der Waals surface area contributed by atoms with Gasteiger partial charge >= 0.3 is 11.9 Å². The second kappa shape index (κ2) is 34.0. The smallest absolute Gasteiger partial charge is 0.349 e. The lowest BCUT2D eigenvalue weighted by molar-refractivity contribution is -0.165. The zero-order valence-electron chi connectivity index (χ0n) is 55.9. The molecule has 2 saturated heterocycles. The van der Waals surface area contributed by atoms with Crippen molar-refractivity contribution in [2.75, 3.05) is 60.0 Å². The van der Waals surface area contributed by atoms with Gasteiger partial charge in [0, 0.05) is 52.1 Å². The molecule has 23 heteroatoms. The van der Waals surface area contributed by atoms with E-state index in [-0.39, 0.29) is 70.6 Å². The monoisotopic (exact) mass is 1320 g/mol. The molecule has 8 rings (SSSR count). The minimum Gasteiger partial charge on any atom is -0.493 e. The molecule has 3 N–H and O–H groups in total. The van der Waals surface area contributed by atoms with Crippen LogP contribution in [-0.2, 0) is 76.9 Å². The number of rotatable bonds is 13. The molecule has 1 unspecified atom stereocenters. The first-order chi connectivity index (χ1) is 46.0. The number of amides is 7. The van der Waals surface area contributed by atoms with Gasteiger partial charge in [0.25, 0.3) is 5.91 Å². The number of Topliss-reactive ketones (excluding diaryl/α,β-unsaturated/α-hetero) is 1. The Bertz CT molecular complexity index is 3600. The van der Waals surface area contributed by atoms with Gasteiger partial charge in [-0.25, -0.2) is 9.59 Å². The number of ketones is 1. The number of hydrogen-bond acceptors (Lipinski definition) is 16. The van der Waals surface area contributed by atoms with Crippen LogP contribution in [0.2, 0.25) is 0 Å². The van der Waals surface area contributed by atoms with Crippen molar-refractivity contribution in [2.24, 2.45) is 16.3 Å². The second-order valence-corrected chi connectivity index (χ2v) is 25.5. The van der Waals surface area contributed by atoms with Gasteiger partial charge in [-0.1, -0.05) is 105 Å². The number of methoxy groups -OCH3 is 2. The average Bonchev–Trinajstić information content (AvgIpc) is 1.73. The summed E-state index contributed by atoms with van der Waals surface area (Å²) in [7, 11) is 6.00. The van der Waals surface area contributed by atoms with Crippen LogP contribution in [0.3, 0.4) is 0 Å². The lowest BCUT2D eigenvalue weighted by Gasteiger charge is -2.36. The first-order valence-electron chi connectivity index (χ1n) is 32.6. The third-order valence-corrected chi connectivity index (χ3v) is 17.4. The van der Waals surface area contributed by atoms with Gasteiger partial charge in [-0.2, -0.15) is 0 Å². The van der Waals surface area contributed by atoms with Crippen LogP contribution in [-0.4, -0.2) is 164 Å². The molecule has 5 aromatic carbocycles. The normalized spacial score (nSPS) is 22.3. The number of nitrogens with zero attached hydrogens (tertiary/aromatic N) is 5. The molecule has 0 saturated carbocycles. The van der Waals surface area contributed by atoms with Crippen molar-refractivity contribution >= 4 is 71.0 Å². The summed E-state index contributed by atoms with van der Waals surface area (Å²) >= 11 is 0. The predicted octanol–water partition coefficient (Wildman–Crippen LogP) is 7.69. The van der Waals surface area contributed by atoms with Crippen LogP contribution in [0, 0.1) is 11.3 Å². The fourth-order valence-electron chi connectivity index (χ4n) is 11.9. The molecule has 0 aliphatic carbocycles. The van der Waals surface area contributed by atoms with Gasteiger partial charge in [0.15, 0.2) is 11.5 Å². The standard InChI is InChI=1S/C73H88N8O15/c1-47(2)39-58-69(88)78(5)46-74-43-64(84)95-45-73(3,4)66(85)71(90)81-37-16-15-25-57(81)72(91)96-59(33-29-49-30-34-60(92-7)61(41-49)93-8)52-23-17-24-53(42-52)75-62(82)35-36-63(83)77-65(51-21-13-10-14-22-51)67(86)76-55(68(87)80-38-18-26-56(80)70(89)79(58)6)40-48-27-31-54(32-28-48)94-44-50-19-11-9-12-20-50/h9-14,17,19-24,27-28,30-32,34,41-43,47,55-59,65H,15-16,18,25-26,29,33,35-40,44-46H2,1-8H3,(H,75,82)(H,76,86)(H,77,83)/b74-43-/t55-,56+,57-,58-,59+,65?/m0/s1. The molecule has 23 nitrogen and oxygen atoms in total. The van der Waals surface area contributed by atoms with Crippen molar-refractivity contribution < 1.29 is 71.6 Å². The van der Waals surface area contributed by atoms with Gasteiger partial charge in [0.05, 0.1) is 19.6 Å². The summed E-state index contributed by atoms with van der Waals surface area (Å²) in [6.07, 6.45) is 1.84. The van der Waals surface area contributed by atoms with Crippen molar-refractivity contribution in [3.63, 3.8) is 0 Å². The zero-order chi connectivity index (χ0) is 69.1. The Labute approximate surface area is 560 Å². The molecule has 0 radical (unpaired) electrons. The Balaban J connectivity index is 1.10. The maximum absolute atomic E-state index is 15.3. The number of carbonyl (C=O) groups is 10. The first kappa shape index (κ1) is 71.9. The molecule has 510 valence electrons. The van der Waals surface area contributed by atoms with Gasteiger partial charge in [-0.15, -0.1) is 0 Å². The van der Waals surface area contributed by atoms with E-state index in [1.165, 1.54) is 61.8 Å². The van der Waals surface area contributed by atoms with Crippen LogP contribution in [0.1, 0.15) is 125 Å². The Morgan fingerprint density at radius 2 is 1.32 bits per heavy atom. The van der Waals surface area contributed by atoms with E-state index in [1.807, 2.05) is 50.2 Å². The van der Waals surface area contributed by atoms with E-state index in [0.29, 0.717) is 71.9 Å². The minimum atomic E-state index is -1.57. The summed E-state index contributed by atoms with van der Waals surface area (Å²) < 4.78 is 28.9. The summed E-state index contributed by atoms with van der Waals surface area (Å²) in [5, 5.41) is 8.59. The van der Waals surface area contributed by atoms with E-state index in [0.717, 1.165) is 17.3 Å². The zero-order valence-corrected chi connectivity index (χ0v) is 55.9. The van der Waals surface area contributed by atoms with E-state index in [2.05, 4.69) is 20.9 Å². The van der Waals surface area contributed by atoms with Gasteiger partial charge in [-0.3, -0.25) is 43.3 Å². The van der Waals surface area contributed by atoms with Gasteiger partial charge in [0.1, 0.15) is 68.2 Å². The highest BCUT2D eigenvalue weighted by molar-refractivity contribution is 6.38. The lowest BCUT2D eigenvalue weighted by atomic mass is 9.87. The highest BCUT2D eigenvalue weighted by atomic mass is 16.5. The minimum absolute atomic E-state index is 0.0449. The van der Waals surface area contributed by atoms with Crippen LogP contribution >= 0.6 is 0 Å². The molecule has 96 heavy (non-hydrogen) atoms. The number of anilines is 1. The highest BCUT2D eigenvalue weighted by Crippen LogP contribution is 2.33. The van der Waals surface area contributed by atoms with Gasteiger partial charge in [0.2, 0.25) is 41.2 Å². The lowest BCUT2D eigenvalue weighted by Crippen LogP contribution is -2.58. The number of nitrogens with one attached hydrogen (secondary N) is 3. The maximum Gasteiger partial charge on any atom is 0.349 e. The molecule has 5 aromatic rings. The molecular formula is C73H88N8O15. The fourth-order valence-corrected chi connectivity index (χ4v) is 11.9. The number of aliphatic imine (C=N–C) groups is 1. The third-order valence-electron chi connectivity index (χ3n) is 17.4. The number of likely N-dealkylation sites (N-methyl/N-ethyl adjacent to an activating group) is 2. The first-order valence-corrected chi connectivity index (χ1v) is 32.6. The number of esters is 2. The number of carbonyl (C=O) groups excluding carboxylic acids is 10. The van der Waals surface area contributed by atoms with Crippen LogP contribution in [0.4, 0.5) is 5.69 Å². The Hall–Kier alpha value is -9.93. The van der Waals surface area contributed by atoms with E-state index in [1.54, 1.807) is 91.0 Å². The molecule has 3 aliphatic rings. The number of hydrogen-bond donors (Lipinski definition) is 3. The fraction of sp³-hybridized carbons (Fsp3) is 0.438. The van der Waals surface area contributed by atoms with E-state index in [9.17, 15) is 43.2 Å². The van der Waals surface area contributed by atoms with E-state index >= 15 is 4.79 Å². The number of cyclic esters (lactones) is 2. The molecule has 6 atom stereocenters. The quantitative estimate of drug-likeness (QED) is 0.0753. The topological polar surface area (TPSA) is 278 Å². The highest BCUT2D eigenvalue weighted by Gasteiger charge is 2.44. The summed E-state index contributed by atoms with van der Waals surface area (Å²) in [6.45, 7) is 6.32. The third kappa shape index (κ3) is 19.4.